The lowest BCUT2D eigenvalue weighted by Crippen LogP contribution is -2.35. The average molecular weight is 383 g/mol. The summed E-state index contributed by atoms with van der Waals surface area (Å²) in [6, 6.07) is 6.51. The van der Waals surface area contributed by atoms with E-state index in [1.165, 1.54) is 18.2 Å². The number of halogens is 3. The van der Waals surface area contributed by atoms with Crippen molar-refractivity contribution in [1.82, 2.24) is 5.43 Å². The zero-order valence-corrected chi connectivity index (χ0v) is 13.4. The van der Waals surface area contributed by atoms with E-state index in [1.807, 2.05) is 0 Å². The predicted molar refractivity (Wildman–Crippen MR) is 86.0 cm³/mol. The Balaban J connectivity index is 1.92. The lowest BCUT2D eigenvalue weighted by molar-refractivity contribution is -0.380. The summed E-state index contributed by atoms with van der Waals surface area (Å²) in [5.74, 6) is -1.67. The second-order valence-electron chi connectivity index (χ2n) is 5.12. The Morgan fingerprint density at radius 2 is 1.92 bits per heavy atom. The second-order valence-corrected chi connectivity index (χ2v) is 6.21. The number of benzene rings is 1. The minimum atomic E-state index is -4.60. The maximum absolute atomic E-state index is 12.8. The molecule has 26 heavy (non-hydrogen) atoms. The highest BCUT2D eigenvalue weighted by Crippen LogP contribution is 2.33. The van der Waals surface area contributed by atoms with Crippen molar-refractivity contribution in [2.24, 2.45) is 0 Å². The van der Waals surface area contributed by atoms with Crippen molar-refractivity contribution >= 4 is 39.9 Å². The smallest absolute Gasteiger partial charge is 0.267 e. The quantitative estimate of drug-likeness (QED) is 0.381. The maximum Gasteiger partial charge on any atom is 0.416 e. The zero-order valence-electron chi connectivity index (χ0n) is 12.6. The number of nitrogens with zero attached hydrogens (tertiary/aromatic N) is 2. The van der Waals surface area contributed by atoms with Gasteiger partial charge in [0.2, 0.25) is 0 Å². The van der Waals surface area contributed by atoms with Crippen molar-refractivity contribution in [3.63, 3.8) is 0 Å². The number of alkyl halides is 3. The normalized spacial score (nSPS) is 16.3. The highest BCUT2D eigenvalue weighted by Gasteiger charge is 2.36. The van der Waals surface area contributed by atoms with E-state index in [4.69, 9.17) is 0 Å². The fourth-order valence-electron chi connectivity index (χ4n) is 2.22. The molecule has 0 aliphatic carbocycles. The molecule has 0 unspecified atom stereocenters. The Hall–Kier alpha value is -3.21. The van der Waals surface area contributed by atoms with Gasteiger partial charge in [-0.25, -0.2) is 5.01 Å². The van der Waals surface area contributed by atoms with Gasteiger partial charge in [-0.3, -0.25) is 25.1 Å². The molecule has 0 radical (unpaired) electrons. The van der Waals surface area contributed by atoms with Crippen LogP contribution in [-0.4, -0.2) is 16.7 Å². The van der Waals surface area contributed by atoms with Gasteiger partial charge in [0.15, 0.2) is 0 Å². The highest BCUT2D eigenvalue weighted by molar-refractivity contribution is 7.16. The van der Waals surface area contributed by atoms with E-state index in [-0.39, 0.29) is 16.3 Å². The van der Waals surface area contributed by atoms with Gasteiger partial charge in [-0.1, -0.05) is 17.4 Å². The molecule has 0 bridgehead atoms. The summed E-state index contributed by atoms with van der Waals surface area (Å²) in [5, 5.41) is 11.2. The molecule has 2 amide bonds. The minimum Gasteiger partial charge on any atom is -0.267 e. The molecule has 0 spiro atoms. The van der Waals surface area contributed by atoms with Gasteiger partial charge in [0.05, 0.1) is 16.2 Å². The summed E-state index contributed by atoms with van der Waals surface area (Å²) in [7, 11) is 0. The number of anilines is 1. The third-order valence-corrected chi connectivity index (χ3v) is 4.39. The van der Waals surface area contributed by atoms with Gasteiger partial charge >= 0.3 is 11.2 Å². The molecule has 1 fully saturated rings. The maximum atomic E-state index is 12.8. The summed E-state index contributed by atoms with van der Waals surface area (Å²) < 4.78 is 38.4. The summed E-state index contributed by atoms with van der Waals surface area (Å²) in [6.45, 7) is 0. The zero-order chi connectivity index (χ0) is 19.1. The summed E-state index contributed by atoms with van der Waals surface area (Å²) in [6.07, 6.45) is -3.44. The van der Waals surface area contributed by atoms with Crippen LogP contribution in [-0.2, 0) is 15.8 Å². The Labute approximate surface area is 147 Å². The minimum absolute atomic E-state index is 0.154. The molecule has 11 heteroatoms. The van der Waals surface area contributed by atoms with Gasteiger partial charge in [0.25, 0.3) is 11.8 Å². The second kappa shape index (κ2) is 6.26. The van der Waals surface area contributed by atoms with E-state index in [9.17, 15) is 32.9 Å². The number of rotatable bonds is 3. The Bertz CT molecular complexity index is 952. The van der Waals surface area contributed by atoms with E-state index < -0.39 is 28.5 Å². The fourth-order valence-corrected chi connectivity index (χ4v) is 2.99. The molecule has 3 rings (SSSR count). The monoisotopic (exact) mass is 383 g/mol. The topological polar surface area (TPSA) is 92.6 Å². The number of carbonyl (C=O) groups excluding carboxylic acids is 2. The number of hydrogen-bond donors (Lipinski definition) is 1. The first-order valence-corrected chi connectivity index (χ1v) is 7.77. The highest BCUT2D eigenvalue weighted by atomic mass is 32.1. The largest absolute Gasteiger partial charge is 0.416 e. The predicted octanol–water partition coefficient (Wildman–Crippen LogP) is 3.14. The van der Waals surface area contributed by atoms with Gasteiger partial charge in [-0.05, 0) is 30.3 Å². The molecule has 2 heterocycles. The lowest BCUT2D eigenvalue weighted by Gasteiger charge is -2.16. The van der Waals surface area contributed by atoms with Crippen molar-refractivity contribution < 1.29 is 27.7 Å². The standard InChI is InChI=1S/C15H8F3N3O4S/c16-15(17,18)8-2-1-3-9(6-8)20-14(23)11(13(22)19-20)7-10-4-5-12(26-10)21(24)25/h1-7H,(H,19,22). The molecule has 0 saturated carbocycles. The molecule has 2 aromatic rings. The van der Waals surface area contributed by atoms with Crippen LogP contribution < -0.4 is 10.4 Å². The van der Waals surface area contributed by atoms with Crippen LogP contribution in [0.1, 0.15) is 10.4 Å². The van der Waals surface area contributed by atoms with E-state index in [2.05, 4.69) is 5.43 Å². The summed E-state index contributed by atoms with van der Waals surface area (Å²) >= 11 is 0.760. The van der Waals surface area contributed by atoms with Crippen LogP contribution in [0.3, 0.4) is 0 Å². The van der Waals surface area contributed by atoms with Gasteiger partial charge in [0, 0.05) is 10.9 Å². The Kier molecular flexibility index (Phi) is 4.24. The number of hydrogen-bond acceptors (Lipinski definition) is 5. The SMILES string of the molecule is O=C1NN(c2cccc(C(F)(F)F)c2)C(=O)C1=Cc1ccc([N+](=O)[O-])s1. The molecule has 0 atom stereocenters. The van der Waals surface area contributed by atoms with Crippen molar-refractivity contribution in [2.45, 2.75) is 6.18 Å². The summed E-state index contributed by atoms with van der Waals surface area (Å²) in [4.78, 5) is 34.7. The van der Waals surface area contributed by atoms with Crippen LogP contribution in [0.4, 0.5) is 23.9 Å². The van der Waals surface area contributed by atoms with E-state index in [0.717, 1.165) is 35.6 Å². The van der Waals surface area contributed by atoms with Crippen LogP contribution >= 0.6 is 11.3 Å². The molecule has 134 valence electrons. The first kappa shape index (κ1) is 17.6. The molecule has 1 aliphatic heterocycles. The fraction of sp³-hybridized carbons (Fsp3) is 0.0667. The molecular formula is C15H8F3N3O4S. The van der Waals surface area contributed by atoms with E-state index >= 15 is 0 Å². The first-order valence-electron chi connectivity index (χ1n) is 6.95. The van der Waals surface area contributed by atoms with Crippen LogP contribution in [0.25, 0.3) is 6.08 Å². The van der Waals surface area contributed by atoms with Gasteiger partial charge in [0.1, 0.15) is 5.57 Å². The molecule has 1 aliphatic rings. The lowest BCUT2D eigenvalue weighted by atomic mass is 10.1. The van der Waals surface area contributed by atoms with Gasteiger partial charge in [-0.15, -0.1) is 0 Å². The molecule has 1 aromatic heterocycles. The van der Waals surface area contributed by atoms with Crippen LogP contribution in [0.5, 0.6) is 0 Å². The molecule has 1 saturated heterocycles. The molecule has 1 aromatic carbocycles. The number of hydrazine groups is 1. The number of nitro groups is 1. The molecule has 7 nitrogen and oxygen atoms in total. The number of carbonyl (C=O) groups is 2. The van der Waals surface area contributed by atoms with Crippen LogP contribution in [0.2, 0.25) is 0 Å². The van der Waals surface area contributed by atoms with Crippen molar-refractivity contribution in [1.29, 1.82) is 0 Å². The van der Waals surface area contributed by atoms with Crippen molar-refractivity contribution in [3.05, 3.63) is 62.5 Å². The average Bonchev–Trinajstić information content (AvgIpc) is 3.15. The molecular weight excluding hydrogens is 375 g/mol. The third kappa shape index (κ3) is 3.28. The van der Waals surface area contributed by atoms with Gasteiger partial charge in [-0.2, -0.15) is 13.2 Å². The third-order valence-electron chi connectivity index (χ3n) is 3.40. The van der Waals surface area contributed by atoms with Crippen LogP contribution in [0, 0.1) is 10.1 Å². The number of thiophene rings is 1. The number of amides is 2. The summed E-state index contributed by atoms with van der Waals surface area (Å²) in [5.41, 5.74) is 0.721. The Morgan fingerprint density at radius 3 is 2.54 bits per heavy atom. The first-order chi connectivity index (χ1) is 12.2. The van der Waals surface area contributed by atoms with Crippen molar-refractivity contribution in [3.8, 4) is 0 Å². The Morgan fingerprint density at radius 1 is 1.19 bits per heavy atom. The van der Waals surface area contributed by atoms with Gasteiger partial charge < -0.3 is 0 Å². The number of nitrogens with one attached hydrogen (secondary N) is 1. The van der Waals surface area contributed by atoms with Crippen molar-refractivity contribution in [2.75, 3.05) is 5.01 Å². The van der Waals surface area contributed by atoms with Crippen LogP contribution in [0.15, 0.2) is 42.0 Å². The van der Waals surface area contributed by atoms with E-state index in [1.54, 1.807) is 0 Å². The van der Waals surface area contributed by atoms with E-state index in [0.29, 0.717) is 9.89 Å². The molecule has 1 N–H and O–H groups in total.